The number of nitrogens with zero attached hydrogens (tertiary/aromatic N) is 1. The van der Waals surface area contributed by atoms with Crippen LogP contribution in [0.15, 0.2) is 41.3 Å². The average molecular weight is 412 g/mol. The SMILES string of the molecule is COc1ccc(N2C(=O)C(SC(C)C)=C(c3ccc(C)c(C)c3)C2=O)cc1OC. The van der Waals surface area contributed by atoms with Crippen LogP contribution in [0, 0.1) is 13.8 Å². The summed E-state index contributed by atoms with van der Waals surface area (Å²) in [5.74, 6) is 0.362. The highest BCUT2D eigenvalue weighted by Crippen LogP contribution is 2.42. The Morgan fingerprint density at radius 1 is 0.862 bits per heavy atom. The van der Waals surface area contributed by atoms with Crippen molar-refractivity contribution in [3.8, 4) is 11.5 Å². The fourth-order valence-corrected chi connectivity index (χ4v) is 4.19. The van der Waals surface area contributed by atoms with E-state index in [9.17, 15) is 9.59 Å². The number of amides is 2. The predicted molar refractivity (Wildman–Crippen MR) is 118 cm³/mol. The lowest BCUT2D eigenvalue weighted by Gasteiger charge is -2.17. The van der Waals surface area contributed by atoms with E-state index < -0.39 is 0 Å². The van der Waals surface area contributed by atoms with Gasteiger partial charge in [0.1, 0.15) is 0 Å². The number of benzene rings is 2. The van der Waals surface area contributed by atoms with Gasteiger partial charge in [-0.15, -0.1) is 11.8 Å². The number of carbonyl (C=O) groups excluding carboxylic acids is 2. The minimum atomic E-state index is -0.325. The molecule has 5 nitrogen and oxygen atoms in total. The molecule has 0 fully saturated rings. The van der Waals surface area contributed by atoms with Gasteiger partial charge in [-0.05, 0) is 42.7 Å². The molecule has 0 saturated carbocycles. The van der Waals surface area contributed by atoms with Crippen molar-refractivity contribution < 1.29 is 19.1 Å². The van der Waals surface area contributed by atoms with Crippen molar-refractivity contribution in [3.05, 3.63) is 58.0 Å². The minimum Gasteiger partial charge on any atom is -0.493 e. The third-order valence-corrected chi connectivity index (χ3v) is 5.90. The van der Waals surface area contributed by atoms with Crippen LogP contribution in [-0.4, -0.2) is 31.3 Å². The summed E-state index contributed by atoms with van der Waals surface area (Å²) in [4.78, 5) is 28.4. The molecule has 0 N–H and O–H groups in total. The number of imide groups is 1. The van der Waals surface area contributed by atoms with Crippen LogP contribution in [0.4, 0.5) is 5.69 Å². The molecule has 0 aromatic heterocycles. The smallest absolute Gasteiger partial charge is 0.272 e. The molecule has 2 aromatic carbocycles. The minimum absolute atomic E-state index is 0.161. The molecule has 6 heteroatoms. The highest BCUT2D eigenvalue weighted by atomic mass is 32.2. The van der Waals surface area contributed by atoms with Crippen molar-refractivity contribution in [1.29, 1.82) is 0 Å². The van der Waals surface area contributed by atoms with Crippen LogP contribution in [0.5, 0.6) is 11.5 Å². The van der Waals surface area contributed by atoms with Gasteiger partial charge in [0, 0.05) is 11.3 Å². The first-order chi connectivity index (χ1) is 13.8. The summed E-state index contributed by atoms with van der Waals surface area (Å²) < 4.78 is 10.6. The van der Waals surface area contributed by atoms with Gasteiger partial charge in [-0.3, -0.25) is 9.59 Å². The second-order valence-electron chi connectivity index (χ2n) is 7.15. The Kier molecular flexibility index (Phi) is 6.03. The predicted octanol–water partition coefficient (Wildman–Crippen LogP) is 4.75. The Balaban J connectivity index is 2.12. The number of ether oxygens (including phenoxy) is 2. The van der Waals surface area contributed by atoms with Crippen LogP contribution < -0.4 is 14.4 Å². The maximum absolute atomic E-state index is 13.4. The Morgan fingerprint density at radius 3 is 2.14 bits per heavy atom. The number of hydrogen-bond donors (Lipinski definition) is 0. The zero-order chi connectivity index (χ0) is 21.3. The molecule has 0 unspecified atom stereocenters. The number of thioether (sulfide) groups is 1. The summed E-state index contributed by atoms with van der Waals surface area (Å²) in [6, 6.07) is 10.9. The fraction of sp³-hybridized carbons (Fsp3) is 0.304. The van der Waals surface area contributed by atoms with Crippen LogP contribution in [0.1, 0.15) is 30.5 Å². The largest absolute Gasteiger partial charge is 0.493 e. The summed E-state index contributed by atoms with van der Waals surface area (Å²) in [5, 5.41) is 0.161. The van der Waals surface area contributed by atoms with Gasteiger partial charge in [-0.2, -0.15) is 0 Å². The third-order valence-electron chi connectivity index (χ3n) is 4.82. The summed E-state index contributed by atoms with van der Waals surface area (Å²) in [6.45, 7) is 8.04. The molecule has 0 spiro atoms. The average Bonchev–Trinajstić information content (AvgIpc) is 2.93. The summed E-state index contributed by atoms with van der Waals surface area (Å²) in [5.41, 5.74) is 3.89. The third kappa shape index (κ3) is 3.90. The van der Waals surface area contributed by atoms with Gasteiger partial charge in [-0.25, -0.2) is 4.90 Å². The molecule has 1 aliphatic heterocycles. The highest BCUT2D eigenvalue weighted by molar-refractivity contribution is 8.04. The van der Waals surface area contributed by atoms with E-state index in [4.69, 9.17) is 9.47 Å². The molecule has 0 radical (unpaired) electrons. The molecule has 2 amide bonds. The molecule has 0 saturated heterocycles. The first-order valence-corrected chi connectivity index (χ1v) is 10.3. The molecule has 152 valence electrons. The highest BCUT2D eigenvalue weighted by Gasteiger charge is 2.40. The quantitative estimate of drug-likeness (QED) is 0.642. The number of carbonyl (C=O) groups is 2. The van der Waals surface area contributed by atoms with Gasteiger partial charge >= 0.3 is 0 Å². The van der Waals surface area contributed by atoms with Crippen molar-refractivity contribution in [1.82, 2.24) is 0 Å². The Labute approximate surface area is 175 Å². The Hall–Kier alpha value is -2.73. The van der Waals surface area contributed by atoms with Crippen molar-refractivity contribution >= 4 is 34.8 Å². The molecule has 3 rings (SSSR count). The fourth-order valence-electron chi connectivity index (χ4n) is 3.20. The van der Waals surface area contributed by atoms with Crippen LogP contribution in [0.2, 0.25) is 0 Å². The lowest BCUT2D eigenvalue weighted by Crippen LogP contribution is -2.31. The lowest BCUT2D eigenvalue weighted by atomic mass is 10.0. The lowest BCUT2D eigenvalue weighted by molar-refractivity contribution is -0.119. The van der Waals surface area contributed by atoms with Gasteiger partial charge in [0.2, 0.25) is 0 Å². The van der Waals surface area contributed by atoms with E-state index in [2.05, 4.69) is 0 Å². The topological polar surface area (TPSA) is 55.8 Å². The van der Waals surface area contributed by atoms with E-state index >= 15 is 0 Å². The van der Waals surface area contributed by atoms with E-state index in [0.29, 0.717) is 27.7 Å². The molecule has 29 heavy (non-hydrogen) atoms. The second kappa shape index (κ2) is 8.33. The molecule has 0 atom stereocenters. The van der Waals surface area contributed by atoms with Crippen molar-refractivity contribution in [3.63, 3.8) is 0 Å². The Morgan fingerprint density at radius 2 is 1.55 bits per heavy atom. The van der Waals surface area contributed by atoms with Gasteiger partial charge in [0.15, 0.2) is 11.5 Å². The number of rotatable bonds is 6. The number of anilines is 1. The maximum atomic E-state index is 13.4. The molecular weight excluding hydrogens is 386 g/mol. The van der Waals surface area contributed by atoms with Gasteiger partial charge in [0.05, 0.1) is 30.4 Å². The summed E-state index contributed by atoms with van der Waals surface area (Å²) in [6.07, 6.45) is 0. The molecule has 0 aliphatic carbocycles. The van der Waals surface area contributed by atoms with E-state index in [-0.39, 0.29) is 17.1 Å². The zero-order valence-electron chi connectivity index (χ0n) is 17.5. The van der Waals surface area contributed by atoms with Crippen LogP contribution in [0.25, 0.3) is 5.57 Å². The normalized spacial score (nSPS) is 14.2. The summed E-state index contributed by atoms with van der Waals surface area (Å²) >= 11 is 1.41. The van der Waals surface area contributed by atoms with E-state index in [1.54, 1.807) is 25.3 Å². The van der Waals surface area contributed by atoms with Crippen molar-refractivity contribution in [2.75, 3.05) is 19.1 Å². The van der Waals surface area contributed by atoms with Crippen LogP contribution in [0.3, 0.4) is 0 Å². The van der Waals surface area contributed by atoms with Crippen LogP contribution in [-0.2, 0) is 9.59 Å². The van der Waals surface area contributed by atoms with Crippen molar-refractivity contribution in [2.24, 2.45) is 0 Å². The second-order valence-corrected chi connectivity index (χ2v) is 8.74. The first-order valence-electron chi connectivity index (χ1n) is 9.37. The van der Waals surface area contributed by atoms with Gasteiger partial charge in [-0.1, -0.05) is 32.0 Å². The first kappa shape index (κ1) is 21.0. The van der Waals surface area contributed by atoms with Crippen molar-refractivity contribution in [2.45, 2.75) is 32.9 Å². The standard InChI is InChI=1S/C23H25NO4S/c1-13(2)29-21-20(16-8-7-14(3)15(4)11-16)22(25)24(23(21)26)17-9-10-18(27-5)19(12-17)28-6/h7-13H,1-6H3. The molecule has 1 aliphatic rings. The molecule has 1 heterocycles. The van der Waals surface area contributed by atoms with E-state index in [0.717, 1.165) is 16.7 Å². The number of aryl methyl sites for hydroxylation is 2. The Bertz CT molecular complexity index is 1010. The molecule has 2 aromatic rings. The maximum Gasteiger partial charge on any atom is 0.272 e. The zero-order valence-corrected chi connectivity index (χ0v) is 18.3. The van der Waals surface area contributed by atoms with E-state index in [1.165, 1.54) is 23.8 Å². The van der Waals surface area contributed by atoms with Gasteiger partial charge in [0.25, 0.3) is 11.8 Å². The van der Waals surface area contributed by atoms with Crippen LogP contribution >= 0.6 is 11.8 Å². The monoisotopic (exact) mass is 411 g/mol. The van der Waals surface area contributed by atoms with Gasteiger partial charge < -0.3 is 9.47 Å². The molecular formula is C23H25NO4S. The van der Waals surface area contributed by atoms with E-state index in [1.807, 2.05) is 45.9 Å². The molecule has 0 bridgehead atoms. The number of hydrogen-bond acceptors (Lipinski definition) is 5. The number of methoxy groups -OCH3 is 2. The summed E-state index contributed by atoms with van der Waals surface area (Å²) in [7, 11) is 3.06.